The van der Waals surface area contributed by atoms with Crippen LogP contribution in [0.1, 0.15) is 61.6 Å². The second-order valence-corrected chi connectivity index (χ2v) is 7.24. The molecule has 1 N–H and O–H groups in total. The Morgan fingerprint density at radius 1 is 1.11 bits per heavy atom. The fourth-order valence-corrected chi connectivity index (χ4v) is 3.74. The number of halogens is 4. The molecule has 1 atom stereocenters. The molecule has 2 aromatic rings. The number of alkyl halides is 2. The number of benzene rings is 2. The Bertz CT molecular complexity index is 818. The standard InChI is InChI=1S/C22H24F4O2/c1-2-3-4-5-12-28-15-8-6-14(7-9-15)17-11-10-16-18(22(17,25)26)13-19(23)21(27)20(16)24/h6-9,13,17,27H,2-5,10-12H2,1H3. The van der Waals surface area contributed by atoms with Crippen LogP contribution in [0, 0.1) is 11.6 Å². The average Bonchev–Trinajstić information content (AvgIpc) is 2.67. The second-order valence-electron chi connectivity index (χ2n) is 7.24. The molecule has 3 rings (SSSR count). The lowest BCUT2D eigenvalue weighted by Crippen LogP contribution is -2.31. The van der Waals surface area contributed by atoms with Crippen molar-refractivity contribution in [2.45, 2.75) is 57.3 Å². The molecule has 0 aliphatic heterocycles. The number of fused-ring (bicyclic) bond motifs is 1. The summed E-state index contributed by atoms with van der Waals surface area (Å²) in [4.78, 5) is 0. The molecule has 0 aromatic heterocycles. The van der Waals surface area contributed by atoms with E-state index in [9.17, 15) is 13.9 Å². The van der Waals surface area contributed by atoms with Gasteiger partial charge in [-0.15, -0.1) is 0 Å². The summed E-state index contributed by atoms with van der Waals surface area (Å²) in [5.74, 6) is -7.88. The molecule has 2 nitrogen and oxygen atoms in total. The van der Waals surface area contributed by atoms with Gasteiger partial charge in [0.15, 0.2) is 17.4 Å². The second kappa shape index (κ2) is 8.41. The van der Waals surface area contributed by atoms with Crippen LogP contribution in [0.25, 0.3) is 0 Å². The van der Waals surface area contributed by atoms with E-state index in [1.54, 1.807) is 24.3 Å². The Morgan fingerprint density at radius 3 is 2.50 bits per heavy atom. The van der Waals surface area contributed by atoms with Crippen molar-refractivity contribution in [3.8, 4) is 11.5 Å². The van der Waals surface area contributed by atoms with E-state index in [1.165, 1.54) is 0 Å². The van der Waals surface area contributed by atoms with E-state index in [4.69, 9.17) is 4.74 Å². The van der Waals surface area contributed by atoms with Crippen LogP contribution in [0.3, 0.4) is 0 Å². The number of hydrogen-bond donors (Lipinski definition) is 1. The van der Waals surface area contributed by atoms with E-state index in [0.717, 1.165) is 25.7 Å². The molecular formula is C22H24F4O2. The lowest BCUT2D eigenvalue weighted by molar-refractivity contribution is -0.0445. The van der Waals surface area contributed by atoms with E-state index >= 15 is 8.78 Å². The van der Waals surface area contributed by atoms with Crippen LogP contribution in [0.5, 0.6) is 11.5 Å². The van der Waals surface area contributed by atoms with Gasteiger partial charge in [0, 0.05) is 11.1 Å². The summed E-state index contributed by atoms with van der Waals surface area (Å²) in [6, 6.07) is 7.02. The number of aromatic hydroxyl groups is 1. The molecule has 0 saturated heterocycles. The quantitative estimate of drug-likeness (QED) is 0.430. The van der Waals surface area contributed by atoms with E-state index in [0.29, 0.717) is 24.0 Å². The zero-order chi connectivity index (χ0) is 20.3. The normalized spacial score (nSPS) is 18.0. The molecule has 1 unspecified atom stereocenters. The minimum absolute atomic E-state index is 0.000780. The molecule has 0 saturated carbocycles. The molecule has 2 aromatic carbocycles. The maximum Gasteiger partial charge on any atom is 0.280 e. The Labute approximate surface area is 162 Å². The highest BCUT2D eigenvalue weighted by atomic mass is 19.3. The van der Waals surface area contributed by atoms with E-state index in [-0.39, 0.29) is 18.4 Å². The molecule has 152 valence electrons. The van der Waals surface area contributed by atoms with Crippen LogP contribution >= 0.6 is 0 Å². The highest BCUT2D eigenvalue weighted by Crippen LogP contribution is 2.51. The first kappa shape index (κ1) is 20.5. The molecule has 28 heavy (non-hydrogen) atoms. The number of hydrogen-bond acceptors (Lipinski definition) is 2. The summed E-state index contributed by atoms with van der Waals surface area (Å²) < 4.78 is 63.3. The Morgan fingerprint density at radius 2 is 1.82 bits per heavy atom. The van der Waals surface area contributed by atoms with Crippen molar-refractivity contribution in [3.05, 3.63) is 58.7 Å². The number of phenolic OH excluding ortho intramolecular Hbond substituents is 1. The predicted octanol–water partition coefficient (Wildman–Crippen LogP) is 6.45. The molecule has 1 aliphatic carbocycles. The molecule has 0 spiro atoms. The third-order valence-corrected chi connectivity index (χ3v) is 5.32. The summed E-state index contributed by atoms with van der Waals surface area (Å²) in [5.41, 5.74) is -0.608. The van der Waals surface area contributed by atoms with Gasteiger partial charge in [-0.1, -0.05) is 38.3 Å². The Hall–Kier alpha value is -2.24. The van der Waals surface area contributed by atoms with Crippen molar-refractivity contribution in [3.63, 3.8) is 0 Å². The fourth-order valence-electron chi connectivity index (χ4n) is 3.74. The van der Waals surface area contributed by atoms with Gasteiger partial charge in [-0.05, 0) is 43.0 Å². The van der Waals surface area contributed by atoms with Crippen LogP contribution in [-0.2, 0) is 12.3 Å². The Kier molecular flexibility index (Phi) is 6.16. The van der Waals surface area contributed by atoms with Crippen molar-refractivity contribution in [2.24, 2.45) is 0 Å². The maximum atomic E-state index is 15.0. The van der Waals surface area contributed by atoms with Crippen molar-refractivity contribution < 1.29 is 27.4 Å². The summed E-state index contributed by atoms with van der Waals surface area (Å²) in [7, 11) is 0. The highest BCUT2D eigenvalue weighted by Gasteiger charge is 2.48. The predicted molar refractivity (Wildman–Crippen MR) is 99.1 cm³/mol. The topological polar surface area (TPSA) is 29.5 Å². The zero-order valence-electron chi connectivity index (χ0n) is 15.8. The third kappa shape index (κ3) is 3.96. The number of unbranched alkanes of at least 4 members (excludes halogenated alkanes) is 3. The summed E-state index contributed by atoms with van der Waals surface area (Å²) in [6.07, 6.45) is 4.33. The van der Waals surface area contributed by atoms with Crippen molar-refractivity contribution in [1.82, 2.24) is 0 Å². The molecule has 0 heterocycles. The molecule has 0 fully saturated rings. The fraction of sp³-hybridized carbons (Fsp3) is 0.455. The lowest BCUT2D eigenvalue weighted by Gasteiger charge is -2.34. The Balaban J connectivity index is 1.76. The molecule has 1 aliphatic rings. The minimum Gasteiger partial charge on any atom is -0.503 e. The van der Waals surface area contributed by atoms with Gasteiger partial charge in [0.25, 0.3) is 5.92 Å². The molecule has 6 heteroatoms. The van der Waals surface area contributed by atoms with Crippen LogP contribution in [0.2, 0.25) is 0 Å². The zero-order valence-corrected chi connectivity index (χ0v) is 15.8. The van der Waals surface area contributed by atoms with Gasteiger partial charge < -0.3 is 9.84 Å². The van der Waals surface area contributed by atoms with Gasteiger partial charge in [0.05, 0.1) is 12.5 Å². The summed E-state index contributed by atoms with van der Waals surface area (Å²) >= 11 is 0. The largest absolute Gasteiger partial charge is 0.503 e. The average molecular weight is 396 g/mol. The molecule has 0 radical (unpaired) electrons. The highest BCUT2D eigenvalue weighted by molar-refractivity contribution is 5.45. The van der Waals surface area contributed by atoms with Gasteiger partial charge in [0.1, 0.15) is 5.75 Å². The third-order valence-electron chi connectivity index (χ3n) is 5.32. The first-order valence-corrected chi connectivity index (χ1v) is 9.67. The number of ether oxygens (including phenoxy) is 1. The summed E-state index contributed by atoms with van der Waals surface area (Å²) in [6.45, 7) is 2.71. The first-order valence-electron chi connectivity index (χ1n) is 9.67. The first-order chi connectivity index (χ1) is 13.4. The minimum atomic E-state index is -3.44. The van der Waals surface area contributed by atoms with Gasteiger partial charge in [-0.25, -0.2) is 17.6 Å². The molecule has 0 bridgehead atoms. The van der Waals surface area contributed by atoms with Crippen molar-refractivity contribution in [2.75, 3.05) is 6.61 Å². The van der Waals surface area contributed by atoms with Gasteiger partial charge >= 0.3 is 0 Å². The van der Waals surface area contributed by atoms with E-state index in [1.807, 2.05) is 0 Å². The number of rotatable bonds is 7. The van der Waals surface area contributed by atoms with Gasteiger partial charge in [0.2, 0.25) is 0 Å². The van der Waals surface area contributed by atoms with Crippen molar-refractivity contribution in [1.29, 1.82) is 0 Å². The smallest absolute Gasteiger partial charge is 0.280 e. The van der Waals surface area contributed by atoms with Crippen LogP contribution in [-0.4, -0.2) is 11.7 Å². The van der Waals surface area contributed by atoms with Crippen LogP contribution in [0.4, 0.5) is 17.6 Å². The SMILES string of the molecule is CCCCCCOc1ccc(C2CCc3c(cc(F)c(O)c3F)C2(F)F)cc1. The monoisotopic (exact) mass is 396 g/mol. The lowest BCUT2D eigenvalue weighted by atomic mass is 9.76. The van der Waals surface area contributed by atoms with E-state index in [2.05, 4.69) is 6.92 Å². The molecule has 0 amide bonds. The maximum absolute atomic E-state index is 15.0. The van der Waals surface area contributed by atoms with Crippen molar-refractivity contribution >= 4 is 0 Å². The van der Waals surface area contributed by atoms with E-state index < -0.39 is 34.8 Å². The molecular weight excluding hydrogens is 372 g/mol. The van der Waals surface area contributed by atoms with Crippen LogP contribution in [0.15, 0.2) is 30.3 Å². The van der Waals surface area contributed by atoms with Gasteiger partial charge in [-0.3, -0.25) is 0 Å². The van der Waals surface area contributed by atoms with Crippen LogP contribution < -0.4 is 4.74 Å². The number of phenols is 1. The summed E-state index contributed by atoms with van der Waals surface area (Å²) in [5, 5.41) is 9.36. The van der Waals surface area contributed by atoms with Gasteiger partial charge in [-0.2, -0.15) is 0 Å².